The van der Waals surface area contributed by atoms with Crippen molar-refractivity contribution in [1.29, 1.82) is 0 Å². The summed E-state index contributed by atoms with van der Waals surface area (Å²) >= 11 is 0. The van der Waals surface area contributed by atoms with E-state index in [4.69, 9.17) is 10.2 Å². The molecule has 4 radical (unpaired) electrons. The van der Waals surface area contributed by atoms with Crippen LogP contribution in [0.15, 0.2) is 0 Å². The molecule has 0 heterocycles. The minimum atomic E-state index is -0.659. The van der Waals surface area contributed by atoms with E-state index in [0.717, 1.165) is 25.7 Å². The summed E-state index contributed by atoms with van der Waals surface area (Å²) in [5.41, 5.74) is 0. The minimum Gasteiger partial charge on any atom is -0.481 e. The van der Waals surface area contributed by atoms with Crippen molar-refractivity contribution in [2.75, 3.05) is 0 Å². The van der Waals surface area contributed by atoms with Crippen LogP contribution in [0.25, 0.3) is 0 Å². The van der Waals surface area contributed by atoms with Crippen LogP contribution in [0.5, 0.6) is 0 Å². The maximum atomic E-state index is 10.2. The molecule has 0 spiro atoms. The molecule has 0 aromatic rings. The zero-order valence-corrected chi connectivity index (χ0v) is 22.2. The van der Waals surface area contributed by atoms with E-state index in [1.165, 1.54) is 89.9 Å². The predicted octanol–water partition coefficient (Wildman–Crippen LogP) is 8.88. The second-order valence-corrected chi connectivity index (χ2v) is 7.94. The number of aliphatic carboxylic acids is 2. The van der Waals surface area contributed by atoms with Crippen LogP contribution < -0.4 is 0 Å². The summed E-state index contributed by atoms with van der Waals surface area (Å²) < 4.78 is 0. The van der Waals surface area contributed by atoms with Crippen LogP contribution in [-0.2, 0) is 9.59 Å². The summed E-state index contributed by atoms with van der Waals surface area (Å²) in [5, 5.41) is 16.8. The molecular formula is C26H56O4Sn. The fourth-order valence-corrected chi connectivity index (χ4v) is 3.17. The molecule has 0 aliphatic rings. The van der Waals surface area contributed by atoms with Crippen molar-refractivity contribution >= 4 is 35.8 Å². The van der Waals surface area contributed by atoms with E-state index in [9.17, 15) is 9.59 Å². The van der Waals surface area contributed by atoms with Crippen LogP contribution in [-0.4, -0.2) is 46.1 Å². The molecule has 0 fully saturated rings. The fraction of sp³-hybridized carbons (Fsp3) is 0.923. The quantitative estimate of drug-likeness (QED) is 0.117. The Labute approximate surface area is 212 Å². The summed E-state index contributed by atoms with van der Waals surface area (Å²) in [5.74, 6) is -1.32. The van der Waals surface area contributed by atoms with Crippen LogP contribution in [0.2, 0.25) is 0 Å². The Balaban J connectivity index is -0.000000133. The zero-order valence-electron chi connectivity index (χ0n) is 19.4. The van der Waals surface area contributed by atoms with Crippen molar-refractivity contribution in [2.24, 2.45) is 0 Å². The molecule has 31 heavy (non-hydrogen) atoms. The standard InChI is InChI=1S/2C12H24O2.2CH4.Sn/c2*1-2-3-4-5-6-7-8-9-10-11-12(13)14;;;/h2*2-11H2,1H3,(H,13,14);2*1H4;. The first kappa shape index (κ1) is 41.0. The summed E-state index contributed by atoms with van der Waals surface area (Å²) in [4.78, 5) is 20.4. The first-order valence-corrected chi connectivity index (χ1v) is 12.0. The number of carbonyl (C=O) groups is 2. The molecule has 0 atom stereocenters. The molecule has 188 valence electrons. The van der Waals surface area contributed by atoms with Crippen LogP contribution in [0, 0.1) is 0 Å². The number of hydrogen-bond acceptors (Lipinski definition) is 2. The van der Waals surface area contributed by atoms with E-state index in [1.807, 2.05) is 0 Å². The Morgan fingerprint density at radius 2 is 0.645 bits per heavy atom. The Morgan fingerprint density at radius 3 is 0.839 bits per heavy atom. The molecular weight excluding hydrogens is 495 g/mol. The maximum Gasteiger partial charge on any atom is 0.303 e. The van der Waals surface area contributed by atoms with Gasteiger partial charge >= 0.3 is 11.9 Å². The molecule has 0 aliphatic heterocycles. The minimum absolute atomic E-state index is 0. The number of rotatable bonds is 20. The van der Waals surface area contributed by atoms with Crippen LogP contribution >= 0.6 is 0 Å². The maximum absolute atomic E-state index is 10.2. The van der Waals surface area contributed by atoms with Gasteiger partial charge in [0, 0.05) is 36.7 Å². The van der Waals surface area contributed by atoms with Crippen molar-refractivity contribution in [3.05, 3.63) is 0 Å². The van der Waals surface area contributed by atoms with E-state index in [-0.39, 0.29) is 38.8 Å². The Kier molecular flexibility index (Phi) is 49.1. The second-order valence-electron chi connectivity index (χ2n) is 7.94. The number of unbranched alkanes of at least 4 members (excludes halogenated alkanes) is 16. The van der Waals surface area contributed by atoms with Gasteiger partial charge < -0.3 is 10.2 Å². The zero-order chi connectivity index (χ0) is 21.3. The van der Waals surface area contributed by atoms with Gasteiger partial charge in [0.25, 0.3) is 0 Å². The van der Waals surface area contributed by atoms with Crippen molar-refractivity contribution in [3.8, 4) is 0 Å². The van der Waals surface area contributed by atoms with Crippen molar-refractivity contribution in [3.63, 3.8) is 0 Å². The average molecular weight is 551 g/mol. The van der Waals surface area contributed by atoms with Gasteiger partial charge in [0.05, 0.1) is 0 Å². The van der Waals surface area contributed by atoms with E-state index >= 15 is 0 Å². The Hall–Kier alpha value is -0.261. The largest absolute Gasteiger partial charge is 0.481 e. The van der Waals surface area contributed by atoms with Crippen molar-refractivity contribution in [1.82, 2.24) is 0 Å². The van der Waals surface area contributed by atoms with Crippen molar-refractivity contribution in [2.45, 2.75) is 157 Å². The first-order valence-electron chi connectivity index (χ1n) is 12.0. The van der Waals surface area contributed by atoms with E-state index in [2.05, 4.69) is 13.8 Å². The van der Waals surface area contributed by atoms with Gasteiger partial charge in [0.15, 0.2) is 0 Å². The van der Waals surface area contributed by atoms with Gasteiger partial charge in [-0.15, -0.1) is 0 Å². The fourth-order valence-electron chi connectivity index (χ4n) is 3.17. The molecule has 0 saturated carbocycles. The normalized spacial score (nSPS) is 9.35. The molecule has 0 amide bonds. The predicted molar refractivity (Wildman–Crippen MR) is 138 cm³/mol. The van der Waals surface area contributed by atoms with E-state index in [0.29, 0.717) is 12.8 Å². The monoisotopic (exact) mass is 552 g/mol. The smallest absolute Gasteiger partial charge is 0.303 e. The summed E-state index contributed by atoms with van der Waals surface area (Å²) in [6.45, 7) is 4.46. The third-order valence-corrected chi connectivity index (χ3v) is 4.99. The van der Waals surface area contributed by atoms with Gasteiger partial charge in [0.2, 0.25) is 0 Å². The Morgan fingerprint density at radius 1 is 0.452 bits per heavy atom. The molecule has 5 heteroatoms. The summed E-state index contributed by atoms with van der Waals surface area (Å²) in [6.07, 6.45) is 23.0. The average Bonchev–Trinajstić information content (AvgIpc) is 2.65. The number of hydrogen-bond donors (Lipinski definition) is 2. The van der Waals surface area contributed by atoms with Crippen molar-refractivity contribution < 1.29 is 19.8 Å². The molecule has 0 unspecified atom stereocenters. The number of carboxylic acids is 2. The third kappa shape index (κ3) is 48.4. The summed E-state index contributed by atoms with van der Waals surface area (Å²) in [7, 11) is 0. The van der Waals surface area contributed by atoms with E-state index < -0.39 is 11.9 Å². The molecule has 0 aromatic heterocycles. The van der Waals surface area contributed by atoms with Gasteiger partial charge in [-0.2, -0.15) is 0 Å². The second kappa shape index (κ2) is 37.1. The summed E-state index contributed by atoms with van der Waals surface area (Å²) in [6, 6.07) is 0. The number of carboxylic acid groups (broad SMARTS) is 2. The van der Waals surface area contributed by atoms with Gasteiger partial charge in [-0.1, -0.05) is 131 Å². The molecule has 0 saturated heterocycles. The Bertz CT molecular complexity index is 303. The SMILES string of the molecule is C.C.CCCCCCCCCCCC(=O)O.CCCCCCCCCCCC(=O)O.[Sn]. The molecule has 2 N–H and O–H groups in total. The van der Waals surface area contributed by atoms with Gasteiger partial charge in [0.1, 0.15) is 0 Å². The molecule has 0 rings (SSSR count). The van der Waals surface area contributed by atoms with Crippen LogP contribution in [0.4, 0.5) is 0 Å². The molecule has 4 nitrogen and oxygen atoms in total. The topological polar surface area (TPSA) is 74.6 Å². The van der Waals surface area contributed by atoms with Crippen LogP contribution in [0.3, 0.4) is 0 Å². The van der Waals surface area contributed by atoms with Gasteiger partial charge in [-0.05, 0) is 12.8 Å². The first-order chi connectivity index (χ1) is 13.5. The molecule has 0 aromatic carbocycles. The van der Waals surface area contributed by atoms with Crippen LogP contribution in [0.1, 0.15) is 157 Å². The third-order valence-electron chi connectivity index (χ3n) is 4.99. The van der Waals surface area contributed by atoms with Gasteiger partial charge in [-0.3, -0.25) is 9.59 Å². The van der Waals surface area contributed by atoms with E-state index in [1.54, 1.807) is 0 Å². The molecule has 0 aliphatic carbocycles. The molecule has 0 bridgehead atoms. The van der Waals surface area contributed by atoms with Gasteiger partial charge in [-0.25, -0.2) is 0 Å².